The molecule has 3 aromatic carbocycles. The molecular weight excluding hydrogens is 504 g/mol. The predicted molar refractivity (Wildman–Crippen MR) is 161 cm³/mol. The molecule has 0 aromatic heterocycles. The molecule has 0 aliphatic carbocycles. The summed E-state index contributed by atoms with van der Waals surface area (Å²) >= 11 is 0. The van der Waals surface area contributed by atoms with Crippen LogP contribution in [0, 0.1) is 13.8 Å². The Morgan fingerprint density at radius 1 is 0.550 bits per heavy atom. The molecule has 0 heterocycles. The highest BCUT2D eigenvalue weighted by Crippen LogP contribution is 2.43. The Hall–Kier alpha value is -3.28. The maximum Gasteiger partial charge on any atom is 0.344 e. The van der Waals surface area contributed by atoms with Gasteiger partial charge in [0.2, 0.25) is 0 Å². The Morgan fingerprint density at radius 2 is 0.950 bits per heavy atom. The number of fused-ring (bicyclic) bond motifs is 2. The third-order valence-electron chi connectivity index (χ3n) is 7.02. The lowest BCUT2D eigenvalue weighted by molar-refractivity contribution is -0.147. The van der Waals surface area contributed by atoms with Gasteiger partial charge in [0.05, 0.1) is 13.2 Å². The zero-order valence-electron chi connectivity index (χ0n) is 24.8. The summed E-state index contributed by atoms with van der Waals surface area (Å²) in [4.78, 5) is 25.0. The van der Waals surface area contributed by atoms with E-state index < -0.39 is 0 Å². The fourth-order valence-corrected chi connectivity index (χ4v) is 4.82. The Morgan fingerprint density at radius 3 is 1.35 bits per heavy atom. The molecular formula is C34H46O6. The first kappa shape index (κ1) is 31.3. The Bertz CT molecular complexity index is 1150. The fraction of sp³-hybridized carbons (Fsp3) is 0.529. The summed E-state index contributed by atoms with van der Waals surface area (Å²) in [6.45, 7) is 8.84. The molecule has 6 nitrogen and oxygen atoms in total. The molecule has 0 aliphatic rings. The van der Waals surface area contributed by atoms with Crippen LogP contribution in [0.3, 0.4) is 0 Å². The first-order valence-corrected chi connectivity index (χ1v) is 15.0. The van der Waals surface area contributed by atoms with E-state index in [1.54, 1.807) is 0 Å². The van der Waals surface area contributed by atoms with Gasteiger partial charge >= 0.3 is 11.9 Å². The number of carbonyl (C=O) groups excluding carboxylic acids is 2. The van der Waals surface area contributed by atoms with Gasteiger partial charge < -0.3 is 18.9 Å². The first-order chi connectivity index (χ1) is 19.4. The average Bonchev–Trinajstić information content (AvgIpc) is 2.94. The Balaban J connectivity index is 1.76. The minimum absolute atomic E-state index is 0.175. The van der Waals surface area contributed by atoms with E-state index in [0.29, 0.717) is 24.7 Å². The van der Waals surface area contributed by atoms with Gasteiger partial charge in [-0.15, -0.1) is 0 Å². The van der Waals surface area contributed by atoms with E-state index in [-0.39, 0.29) is 25.2 Å². The summed E-state index contributed by atoms with van der Waals surface area (Å²) in [5.74, 6) is 0.454. The summed E-state index contributed by atoms with van der Waals surface area (Å²) < 4.78 is 23.1. The van der Waals surface area contributed by atoms with Crippen molar-refractivity contribution in [1.82, 2.24) is 0 Å². The number of aryl methyl sites for hydroxylation is 2. The van der Waals surface area contributed by atoms with Gasteiger partial charge in [0, 0.05) is 21.5 Å². The monoisotopic (exact) mass is 550 g/mol. The molecule has 0 saturated carbocycles. The van der Waals surface area contributed by atoms with Crippen molar-refractivity contribution in [2.45, 2.75) is 91.9 Å². The van der Waals surface area contributed by atoms with Crippen LogP contribution in [0.1, 0.15) is 89.2 Å². The summed E-state index contributed by atoms with van der Waals surface area (Å²) in [6, 6.07) is 12.0. The third-order valence-corrected chi connectivity index (χ3v) is 7.02. The van der Waals surface area contributed by atoms with Crippen molar-refractivity contribution in [2.75, 3.05) is 26.4 Å². The Kier molecular flexibility index (Phi) is 13.1. The number of hydrogen-bond acceptors (Lipinski definition) is 6. The van der Waals surface area contributed by atoms with Gasteiger partial charge in [-0.25, -0.2) is 9.59 Å². The van der Waals surface area contributed by atoms with Gasteiger partial charge in [0.25, 0.3) is 0 Å². The predicted octanol–water partition coefficient (Wildman–Crippen LogP) is 8.39. The van der Waals surface area contributed by atoms with Crippen LogP contribution in [0.2, 0.25) is 0 Å². The van der Waals surface area contributed by atoms with E-state index in [9.17, 15) is 9.59 Å². The van der Waals surface area contributed by atoms with Crippen LogP contribution in [0.25, 0.3) is 21.5 Å². The van der Waals surface area contributed by atoms with Crippen molar-refractivity contribution in [3.8, 4) is 11.5 Å². The van der Waals surface area contributed by atoms with E-state index in [1.807, 2.05) is 50.2 Å². The summed E-state index contributed by atoms with van der Waals surface area (Å²) in [7, 11) is 0. The quantitative estimate of drug-likeness (QED) is 0.0900. The molecule has 0 radical (unpaired) electrons. The molecule has 0 amide bonds. The van der Waals surface area contributed by atoms with Crippen molar-refractivity contribution >= 4 is 33.5 Å². The second kappa shape index (κ2) is 16.7. The molecule has 0 aliphatic heterocycles. The molecule has 218 valence electrons. The van der Waals surface area contributed by atoms with Crippen molar-refractivity contribution < 1.29 is 28.5 Å². The molecule has 0 atom stereocenters. The van der Waals surface area contributed by atoms with E-state index in [1.165, 1.54) is 25.7 Å². The minimum atomic E-state index is -0.380. The molecule has 3 rings (SSSR count). The lowest BCUT2D eigenvalue weighted by Crippen LogP contribution is -2.17. The molecule has 0 N–H and O–H groups in total. The molecule has 6 heteroatoms. The largest absolute Gasteiger partial charge is 0.481 e. The van der Waals surface area contributed by atoms with Gasteiger partial charge in [-0.3, -0.25) is 0 Å². The van der Waals surface area contributed by atoms with E-state index >= 15 is 0 Å². The van der Waals surface area contributed by atoms with Crippen molar-refractivity contribution in [2.24, 2.45) is 0 Å². The molecule has 0 fully saturated rings. The standard InChI is InChI=1S/C34H46O6/c1-5-7-9-11-13-19-37-31(35)23-39-33-27-17-15-26(4)22-30(27)34(28-18-16-25(3)21-29(28)33)40-24-32(36)38-20-14-12-10-8-6-2/h15-18,21-22H,5-14,19-20,23-24H2,1-4H3. The molecule has 40 heavy (non-hydrogen) atoms. The molecule has 0 spiro atoms. The topological polar surface area (TPSA) is 71.1 Å². The fourth-order valence-electron chi connectivity index (χ4n) is 4.82. The summed E-state index contributed by atoms with van der Waals surface area (Å²) in [5.41, 5.74) is 2.10. The van der Waals surface area contributed by atoms with Gasteiger partial charge in [-0.2, -0.15) is 0 Å². The number of ether oxygens (including phenoxy) is 4. The van der Waals surface area contributed by atoms with Gasteiger partial charge in [-0.05, 0) is 38.8 Å². The number of unbranched alkanes of at least 4 members (excludes halogenated alkanes) is 8. The number of benzene rings is 3. The third kappa shape index (κ3) is 9.42. The zero-order chi connectivity index (χ0) is 28.7. The lowest BCUT2D eigenvalue weighted by Gasteiger charge is -2.18. The minimum Gasteiger partial charge on any atom is -0.481 e. The van der Waals surface area contributed by atoms with E-state index in [0.717, 1.165) is 71.2 Å². The van der Waals surface area contributed by atoms with Gasteiger partial charge in [0.1, 0.15) is 11.5 Å². The van der Waals surface area contributed by atoms with Crippen LogP contribution < -0.4 is 9.47 Å². The van der Waals surface area contributed by atoms with Crippen LogP contribution in [-0.4, -0.2) is 38.4 Å². The Labute approximate surface area is 239 Å². The number of hydrogen-bond donors (Lipinski definition) is 0. The van der Waals surface area contributed by atoms with E-state index in [4.69, 9.17) is 18.9 Å². The highest BCUT2D eigenvalue weighted by Gasteiger charge is 2.19. The maximum absolute atomic E-state index is 12.5. The number of esters is 2. The van der Waals surface area contributed by atoms with E-state index in [2.05, 4.69) is 13.8 Å². The highest BCUT2D eigenvalue weighted by atomic mass is 16.6. The first-order valence-electron chi connectivity index (χ1n) is 15.0. The summed E-state index contributed by atoms with van der Waals surface area (Å²) in [6.07, 6.45) is 10.9. The molecule has 0 bridgehead atoms. The maximum atomic E-state index is 12.5. The number of carbonyl (C=O) groups is 2. The molecule has 3 aromatic rings. The van der Waals surface area contributed by atoms with Crippen LogP contribution >= 0.6 is 0 Å². The lowest BCUT2D eigenvalue weighted by atomic mass is 9.98. The van der Waals surface area contributed by atoms with Crippen LogP contribution in [0.5, 0.6) is 11.5 Å². The van der Waals surface area contributed by atoms with Crippen LogP contribution in [0.15, 0.2) is 36.4 Å². The van der Waals surface area contributed by atoms with Crippen LogP contribution in [0.4, 0.5) is 0 Å². The van der Waals surface area contributed by atoms with Crippen LogP contribution in [-0.2, 0) is 19.1 Å². The second-order valence-corrected chi connectivity index (χ2v) is 10.6. The highest BCUT2D eigenvalue weighted by molar-refractivity contribution is 6.11. The SMILES string of the molecule is CCCCCCCOC(=O)COc1c2ccc(C)cc2c(OCC(=O)OCCCCCCC)c2ccc(C)cc12. The average molecular weight is 551 g/mol. The summed E-state index contributed by atoms with van der Waals surface area (Å²) in [5, 5.41) is 3.27. The smallest absolute Gasteiger partial charge is 0.344 e. The normalized spacial score (nSPS) is 11.1. The van der Waals surface area contributed by atoms with Gasteiger partial charge in [-0.1, -0.05) is 101 Å². The van der Waals surface area contributed by atoms with Gasteiger partial charge in [0.15, 0.2) is 13.2 Å². The number of rotatable bonds is 18. The second-order valence-electron chi connectivity index (χ2n) is 10.6. The van der Waals surface area contributed by atoms with Crippen molar-refractivity contribution in [3.63, 3.8) is 0 Å². The zero-order valence-corrected chi connectivity index (χ0v) is 24.8. The van der Waals surface area contributed by atoms with Crippen molar-refractivity contribution in [3.05, 3.63) is 47.5 Å². The van der Waals surface area contributed by atoms with Crippen molar-refractivity contribution in [1.29, 1.82) is 0 Å². The molecule has 0 unspecified atom stereocenters. The molecule has 0 saturated heterocycles.